The van der Waals surface area contributed by atoms with Gasteiger partial charge in [-0.15, -0.1) is 0 Å². The van der Waals surface area contributed by atoms with Crippen LogP contribution in [0.2, 0.25) is 0 Å². The number of carbonyl (C=O) groups is 1. The summed E-state index contributed by atoms with van der Waals surface area (Å²) < 4.78 is 43.1. The van der Waals surface area contributed by atoms with Crippen LogP contribution in [-0.4, -0.2) is 41.3 Å². The molecule has 0 fully saturated rings. The molecule has 0 aliphatic heterocycles. The molecule has 0 unspecified atom stereocenters. The van der Waals surface area contributed by atoms with Crippen molar-refractivity contribution in [2.45, 2.75) is 25.7 Å². The van der Waals surface area contributed by atoms with Gasteiger partial charge in [-0.3, -0.25) is 9.10 Å². The number of esters is 1. The van der Waals surface area contributed by atoms with E-state index in [1.165, 1.54) is 19.2 Å². The lowest BCUT2D eigenvalue weighted by Crippen LogP contribution is -2.36. The fourth-order valence-electron chi connectivity index (χ4n) is 2.65. The van der Waals surface area contributed by atoms with Crippen LogP contribution < -0.4 is 13.8 Å². The first kappa shape index (κ1) is 21.6. The van der Waals surface area contributed by atoms with Crippen molar-refractivity contribution < 1.29 is 27.4 Å². The molecule has 7 nitrogen and oxygen atoms in total. The van der Waals surface area contributed by atoms with Gasteiger partial charge in [0, 0.05) is 0 Å². The maximum absolute atomic E-state index is 13.3. The summed E-state index contributed by atoms with van der Waals surface area (Å²) in [5.74, 6) is 0.558. The molecule has 0 amide bonds. The summed E-state index contributed by atoms with van der Waals surface area (Å²) in [6.07, 6.45) is 0. The fourth-order valence-corrected chi connectivity index (χ4v) is 4.15. The quantitative estimate of drug-likeness (QED) is 0.594. The third-order valence-electron chi connectivity index (χ3n) is 3.97. The molecule has 0 aliphatic rings. The lowest BCUT2D eigenvalue weighted by atomic mass is 10.2. The highest BCUT2D eigenvalue weighted by Crippen LogP contribution is 2.28. The number of methoxy groups -OCH3 is 1. The second kappa shape index (κ2) is 9.45. The second-order valence-electron chi connectivity index (χ2n) is 5.88. The summed E-state index contributed by atoms with van der Waals surface area (Å²) >= 11 is 0. The molecule has 152 valence electrons. The standard InChI is InChI=1S/C20H25NO6S/c1-5-26-17-9-7-16(8-10-17)21(14-20(22)27-6-2)28(23,24)18-11-12-19(25-4)15(3)13-18/h7-13H,5-6,14H2,1-4H3. The van der Waals surface area contributed by atoms with Gasteiger partial charge >= 0.3 is 5.97 Å². The highest BCUT2D eigenvalue weighted by molar-refractivity contribution is 7.92. The van der Waals surface area contributed by atoms with Crippen LogP contribution in [0.15, 0.2) is 47.4 Å². The van der Waals surface area contributed by atoms with Crippen molar-refractivity contribution in [3.8, 4) is 11.5 Å². The molecule has 8 heteroatoms. The molecule has 0 saturated carbocycles. The molecular weight excluding hydrogens is 382 g/mol. The zero-order valence-corrected chi connectivity index (χ0v) is 17.3. The number of sulfonamides is 1. The SMILES string of the molecule is CCOC(=O)CN(c1ccc(OCC)cc1)S(=O)(=O)c1ccc(OC)c(C)c1. The summed E-state index contributed by atoms with van der Waals surface area (Å²) in [5.41, 5.74) is 1.01. The maximum Gasteiger partial charge on any atom is 0.326 e. The van der Waals surface area contributed by atoms with Crippen LogP contribution in [0.25, 0.3) is 0 Å². The number of benzene rings is 2. The largest absolute Gasteiger partial charge is 0.496 e. The van der Waals surface area contributed by atoms with Crippen LogP contribution in [0.1, 0.15) is 19.4 Å². The molecule has 0 saturated heterocycles. The van der Waals surface area contributed by atoms with E-state index in [-0.39, 0.29) is 11.5 Å². The van der Waals surface area contributed by atoms with Crippen LogP contribution in [0.4, 0.5) is 5.69 Å². The van der Waals surface area contributed by atoms with Gasteiger partial charge in [-0.05, 0) is 68.8 Å². The first-order chi connectivity index (χ1) is 13.3. The Bertz CT molecular complexity index is 909. The first-order valence-corrected chi connectivity index (χ1v) is 10.3. The number of ether oxygens (including phenoxy) is 3. The van der Waals surface area contributed by atoms with Crippen molar-refractivity contribution in [3.05, 3.63) is 48.0 Å². The molecule has 0 spiro atoms. The molecule has 0 bridgehead atoms. The van der Waals surface area contributed by atoms with E-state index in [0.29, 0.717) is 29.4 Å². The van der Waals surface area contributed by atoms with Crippen molar-refractivity contribution >= 4 is 21.7 Å². The van der Waals surface area contributed by atoms with E-state index in [4.69, 9.17) is 14.2 Å². The van der Waals surface area contributed by atoms with Gasteiger partial charge in [-0.25, -0.2) is 8.42 Å². The number of hydrogen-bond donors (Lipinski definition) is 0. The average molecular weight is 407 g/mol. The van der Waals surface area contributed by atoms with Gasteiger partial charge in [-0.2, -0.15) is 0 Å². The fraction of sp³-hybridized carbons (Fsp3) is 0.350. The van der Waals surface area contributed by atoms with Crippen LogP contribution in [0, 0.1) is 6.92 Å². The van der Waals surface area contributed by atoms with E-state index >= 15 is 0 Å². The molecule has 2 rings (SSSR count). The Labute approximate surface area is 165 Å². The molecule has 0 radical (unpaired) electrons. The minimum Gasteiger partial charge on any atom is -0.496 e. The van der Waals surface area contributed by atoms with E-state index in [1.54, 1.807) is 44.2 Å². The van der Waals surface area contributed by atoms with Gasteiger partial charge < -0.3 is 14.2 Å². The van der Waals surface area contributed by atoms with Crippen molar-refractivity contribution in [2.75, 3.05) is 31.2 Å². The van der Waals surface area contributed by atoms with E-state index in [9.17, 15) is 13.2 Å². The minimum atomic E-state index is -4.00. The van der Waals surface area contributed by atoms with Gasteiger partial charge in [0.05, 0.1) is 30.9 Å². The number of nitrogens with zero attached hydrogens (tertiary/aromatic N) is 1. The lowest BCUT2D eigenvalue weighted by Gasteiger charge is -2.24. The third-order valence-corrected chi connectivity index (χ3v) is 5.74. The van der Waals surface area contributed by atoms with Crippen molar-refractivity contribution in [2.24, 2.45) is 0 Å². The highest BCUT2D eigenvalue weighted by atomic mass is 32.2. The minimum absolute atomic E-state index is 0.0592. The van der Waals surface area contributed by atoms with Crippen LogP contribution >= 0.6 is 0 Å². The molecule has 0 N–H and O–H groups in total. The Balaban J connectivity index is 2.47. The Morgan fingerprint density at radius 3 is 2.25 bits per heavy atom. The smallest absolute Gasteiger partial charge is 0.326 e. The van der Waals surface area contributed by atoms with Crippen molar-refractivity contribution in [1.82, 2.24) is 0 Å². The Hall–Kier alpha value is -2.74. The van der Waals surface area contributed by atoms with E-state index in [0.717, 1.165) is 4.31 Å². The molecule has 0 aliphatic carbocycles. The number of aryl methyl sites for hydroxylation is 1. The Kier molecular flexibility index (Phi) is 7.28. The summed E-state index contributed by atoms with van der Waals surface area (Å²) in [4.78, 5) is 12.1. The zero-order valence-electron chi connectivity index (χ0n) is 16.5. The molecule has 0 heterocycles. The predicted molar refractivity (Wildman–Crippen MR) is 107 cm³/mol. The van der Waals surface area contributed by atoms with Gasteiger partial charge in [0.15, 0.2) is 0 Å². The van der Waals surface area contributed by atoms with Crippen LogP contribution in [0.3, 0.4) is 0 Å². The number of carbonyl (C=O) groups excluding carboxylic acids is 1. The molecular formula is C20H25NO6S. The molecule has 2 aromatic carbocycles. The number of anilines is 1. The first-order valence-electron chi connectivity index (χ1n) is 8.89. The number of rotatable bonds is 9. The summed E-state index contributed by atoms with van der Waals surface area (Å²) in [5, 5.41) is 0. The summed E-state index contributed by atoms with van der Waals surface area (Å²) in [6.45, 7) is 5.50. The van der Waals surface area contributed by atoms with Crippen LogP contribution in [-0.2, 0) is 19.6 Å². The van der Waals surface area contributed by atoms with Gasteiger partial charge in [0.2, 0.25) is 0 Å². The molecule has 2 aromatic rings. The monoisotopic (exact) mass is 407 g/mol. The van der Waals surface area contributed by atoms with Crippen molar-refractivity contribution in [3.63, 3.8) is 0 Å². The van der Waals surface area contributed by atoms with Crippen molar-refractivity contribution in [1.29, 1.82) is 0 Å². The molecule has 28 heavy (non-hydrogen) atoms. The third kappa shape index (κ3) is 4.95. The summed E-state index contributed by atoms with van der Waals surface area (Å²) in [7, 11) is -2.49. The Morgan fingerprint density at radius 2 is 1.71 bits per heavy atom. The average Bonchev–Trinajstić information content (AvgIpc) is 2.67. The number of hydrogen-bond acceptors (Lipinski definition) is 6. The van der Waals surface area contributed by atoms with Gasteiger partial charge in [0.1, 0.15) is 18.0 Å². The topological polar surface area (TPSA) is 82.1 Å². The second-order valence-corrected chi connectivity index (χ2v) is 7.74. The lowest BCUT2D eigenvalue weighted by molar-refractivity contribution is -0.141. The van der Waals surface area contributed by atoms with Gasteiger partial charge in [-0.1, -0.05) is 0 Å². The van der Waals surface area contributed by atoms with E-state index in [2.05, 4.69) is 0 Å². The normalized spacial score (nSPS) is 11.0. The summed E-state index contributed by atoms with van der Waals surface area (Å²) in [6, 6.07) is 11.1. The van der Waals surface area contributed by atoms with E-state index in [1.807, 2.05) is 6.92 Å². The van der Waals surface area contributed by atoms with E-state index < -0.39 is 22.5 Å². The molecule has 0 aromatic heterocycles. The maximum atomic E-state index is 13.3. The highest BCUT2D eigenvalue weighted by Gasteiger charge is 2.28. The molecule has 0 atom stereocenters. The Morgan fingerprint density at radius 1 is 1.04 bits per heavy atom. The zero-order chi connectivity index (χ0) is 20.7. The predicted octanol–water partition coefficient (Wildman–Crippen LogP) is 3.16. The van der Waals surface area contributed by atoms with Gasteiger partial charge in [0.25, 0.3) is 10.0 Å². The van der Waals surface area contributed by atoms with Crippen LogP contribution in [0.5, 0.6) is 11.5 Å².